The summed E-state index contributed by atoms with van der Waals surface area (Å²) < 4.78 is 27.1. The summed E-state index contributed by atoms with van der Waals surface area (Å²) in [6.07, 6.45) is 6.01. The smallest absolute Gasteiger partial charge is 0.159 e. The van der Waals surface area contributed by atoms with Crippen molar-refractivity contribution in [1.82, 2.24) is 25.1 Å². The number of hydrogen-bond acceptors (Lipinski definition) is 5. The molecule has 33 heavy (non-hydrogen) atoms. The third-order valence-electron chi connectivity index (χ3n) is 6.43. The van der Waals surface area contributed by atoms with Gasteiger partial charge in [-0.05, 0) is 69.6 Å². The molecule has 0 unspecified atom stereocenters. The zero-order valence-corrected chi connectivity index (χ0v) is 18.7. The van der Waals surface area contributed by atoms with E-state index in [1.54, 1.807) is 6.20 Å². The first-order valence-corrected chi connectivity index (χ1v) is 11.2. The normalized spacial score (nSPS) is 15.9. The molecule has 2 N–H and O–H groups in total. The van der Waals surface area contributed by atoms with Gasteiger partial charge in [-0.3, -0.25) is 15.0 Å². The molecule has 6 nitrogen and oxygen atoms in total. The van der Waals surface area contributed by atoms with Gasteiger partial charge in [0.25, 0.3) is 0 Å². The van der Waals surface area contributed by atoms with Gasteiger partial charge in [0, 0.05) is 36.0 Å². The van der Waals surface area contributed by atoms with Crippen molar-refractivity contribution in [2.45, 2.75) is 32.2 Å². The van der Waals surface area contributed by atoms with Crippen molar-refractivity contribution in [3.05, 3.63) is 60.4 Å². The topological polar surface area (TPSA) is 69.7 Å². The minimum Gasteiger partial charge on any atom is -0.382 e. The van der Waals surface area contributed by atoms with E-state index in [-0.39, 0.29) is 5.54 Å². The number of nitrogens with zero attached hydrogens (tertiary/aromatic N) is 4. The van der Waals surface area contributed by atoms with Gasteiger partial charge in [-0.2, -0.15) is 5.10 Å². The van der Waals surface area contributed by atoms with Crippen LogP contribution in [0.1, 0.15) is 26.7 Å². The molecule has 3 aromatic heterocycles. The van der Waals surface area contributed by atoms with Gasteiger partial charge in [0.1, 0.15) is 5.69 Å². The van der Waals surface area contributed by atoms with Crippen molar-refractivity contribution in [2.24, 2.45) is 0 Å². The highest BCUT2D eigenvalue weighted by molar-refractivity contribution is 5.84. The fraction of sp³-hybridized carbons (Fsp3) is 0.320. The summed E-state index contributed by atoms with van der Waals surface area (Å²) in [5.41, 5.74) is 5.07. The number of pyridine rings is 2. The number of aromatic amines is 1. The maximum absolute atomic E-state index is 13.8. The van der Waals surface area contributed by atoms with Crippen LogP contribution >= 0.6 is 0 Å². The first kappa shape index (κ1) is 21.5. The summed E-state index contributed by atoms with van der Waals surface area (Å²) in [4.78, 5) is 11.8. The van der Waals surface area contributed by atoms with Crippen molar-refractivity contribution in [1.29, 1.82) is 0 Å². The fourth-order valence-electron chi connectivity index (χ4n) is 4.51. The molecule has 170 valence electrons. The van der Waals surface area contributed by atoms with Crippen LogP contribution < -0.4 is 5.32 Å². The van der Waals surface area contributed by atoms with E-state index in [4.69, 9.17) is 4.98 Å². The number of fused-ring (bicyclic) bond motifs is 1. The zero-order valence-electron chi connectivity index (χ0n) is 18.7. The van der Waals surface area contributed by atoms with Crippen LogP contribution in [0, 0.1) is 11.6 Å². The van der Waals surface area contributed by atoms with Crippen LogP contribution in [-0.4, -0.2) is 50.2 Å². The molecule has 1 aromatic carbocycles. The predicted molar refractivity (Wildman–Crippen MR) is 126 cm³/mol. The van der Waals surface area contributed by atoms with Gasteiger partial charge in [0.2, 0.25) is 0 Å². The summed E-state index contributed by atoms with van der Waals surface area (Å²) in [5.74, 6) is -1.80. The second-order valence-electron chi connectivity index (χ2n) is 9.06. The number of H-pyrrole nitrogens is 1. The molecule has 0 spiro atoms. The molecule has 4 heterocycles. The Bertz CT molecular complexity index is 1300. The standard InChI is InChI=1S/C25H26F2N6/c1-25(2)8-3-10-33(25)11-9-28-17-13-23-22(29-14-17)7-6-21(31-23)18-15-30-32-24(18)16-4-5-19(26)20(27)12-16/h4-7,12-15,28H,3,8-11H2,1-2H3,(H,30,32). The SMILES string of the molecule is CC1(C)CCCN1CCNc1cnc2ccc(-c3c[nH]nc3-c3ccc(F)c(F)c3)nc2c1. The lowest BCUT2D eigenvalue weighted by Crippen LogP contribution is -2.40. The summed E-state index contributed by atoms with van der Waals surface area (Å²) in [6.45, 7) is 7.55. The van der Waals surface area contributed by atoms with E-state index in [2.05, 4.69) is 39.2 Å². The number of benzene rings is 1. The van der Waals surface area contributed by atoms with E-state index in [1.807, 2.05) is 24.4 Å². The highest BCUT2D eigenvalue weighted by Gasteiger charge is 2.30. The molecule has 0 radical (unpaired) electrons. The molecule has 1 fully saturated rings. The number of halogens is 2. The van der Waals surface area contributed by atoms with E-state index in [0.717, 1.165) is 48.5 Å². The minimum absolute atomic E-state index is 0.259. The van der Waals surface area contributed by atoms with Gasteiger partial charge in [0.05, 0.1) is 28.6 Å². The lowest BCUT2D eigenvalue weighted by atomic mass is 10.0. The molecule has 0 atom stereocenters. The van der Waals surface area contributed by atoms with E-state index >= 15 is 0 Å². The van der Waals surface area contributed by atoms with E-state index in [1.165, 1.54) is 18.9 Å². The molecule has 1 aliphatic rings. The molecule has 0 aliphatic carbocycles. The molecule has 0 amide bonds. The van der Waals surface area contributed by atoms with Crippen LogP contribution in [0.25, 0.3) is 33.5 Å². The Morgan fingerprint density at radius 3 is 2.76 bits per heavy atom. The Labute approximate surface area is 191 Å². The molecular formula is C25H26F2N6. The highest BCUT2D eigenvalue weighted by atomic mass is 19.2. The maximum atomic E-state index is 13.8. The van der Waals surface area contributed by atoms with Crippen LogP contribution in [-0.2, 0) is 0 Å². The summed E-state index contributed by atoms with van der Waals surface area (Å²) >= 11 is 0. The molecular weight excluding hydrogens is 422 g/mol. The van der Waals surface area contributed by atoms with Crippen molar-refractivity contribution in [3.63, 3.8) is 0 Å². The Kier molecular flexibility index (Phi) is 5.54. The quantitative estimate of drug-likeness (QED) is 0.422. The Morgan fingerprint density at radius 1 is 1.09 bits per heavy atom. The van der Waals surface area contributed by atoms with Gasteiger partial charge < -0.3 is 5.32 Å². The van der Waals surface area contributed by atoms with Crippen LogP contribution in [0.15, 0.2) is 48.8 Å². The van der Waals surface area contributed by atoms with Crippen LogP contribution in [0.5, 0.6) is 0 Å². The van der Waals surface area contributed by atoms with Crippen LogP contribution in [0.4, 0.5) is 14.5 Å². The van der Waals surface area contributed by atoms with Crippen molar-refractivity contribution in [3.8, 4) is 22.5 Å². The minimum atomic E-state index is -0.912. The molecule has 0 saturated carbocycles. The molecule has 8 heteroatoms. The van der Waals surface area contributed by atoms with Gasteiger partial charge in [-0.15, -0.1) is 0 Å². The monoisotopic (exact) mass is 448 g/mol. The van der Waals surface area contributed by atoms with Crippen molar-refractivity contribution < 1.29 is 8.78 Å². The summed E-state index contributed by atoms with van der Waals surface area (Å²) in [6, 6.07) is 9.48. The second-order valence-corrected chi connectivity index (χ2v) is 9.06. The van der Waals surface area contributed by atoms with Crippen molar-refractivity contribution in [2.75, 3.05) is 25.0 Å². The van der Waals surface area contributed by atoms with E-state index in [9.17, 15) is 8.78 Å². The molecule has 1 aliphatic heterocycles. The zero-order chi connectivity index (χ0) is 23.0. The third-order valence-corrected chi connectivity index (χ3v) is 6.43. The average Bonchev–Trinajstić information content (AvgIpc) is 3.41. The lowest BCUT2D eigenvalue weighted by molar-refractivity contribution is 0.182. The number of nitrogens with one attached hydrogen (secondary N) is 2. The summed E-state index contributed by atoms with van der Waals surface area (Å²) in [5, 5.41) is 10.5. The first-order chi connectivity index (χ1) is 15.9. The number of rotatable bonds is 6. The molecule has 4 aromatic rings. The third kappa shape index (κ3) is 4.30. The Morgan fingerprint density at radius 2 is 1.97 bits per heavy atom. The summed E-state index contributed by atoms with van der Waals surface area (Å²) in [7, 11) is 0. The fourth-order valence-corrected chi connectivity index (χ4v) is 4.51. The largest absolute Gasteiger partial charge is 0.382 e. The number of hydrogen-bond donors (Lipinski definition) is 2. The van der Waals surface area contributed by atoms with Gasteiger partial charge in [-0.1, -0.05) is 0 Å². The maximum Gasteiger partial charge on any atom is 0.159 e. The number of likely N-dealkylation sites (tertiary alicyclic amines) is 1. The average molecular weight is 449 g/mol. The van der Waals surface area contributed by atoms with Crippen LogP contribution in [0.3, 0.4) is 0 Å². The van der Waals surface area contributed by atoms with Crippen LogP contribution in [0.2, 0.25) is 0 Å². The Balaban J connectivity index is 1.38. The second kappa shape index (κ2) is 8.51. The van der Waals surface area contributed by atoms with E-state index in [0.29, 0.717) is 22.5 Å². The predicted octanol–water partition coefficient (Wildman–Crippen LogP) is 5.25. The van der Waals surface area contributed by atoms with Crippen molar-refractivity contribution >= 4 is 16.7 Å². The van der Waals surface area contributed by atoms with Gasteiger partial charge in [0.15, 0.2) is 11.6 Å². The Hall–Kier alpha value is -3.39. The number of aromatic nitrogens is 4. The molecule has 1 saturated heterocycles. The van der Waals surface area contributed by atoms with Gasteiger partial charge in [-0.25, -0.2) is 13.8 Å². The first-order valence-electron chi connectivity index (χ1n) is 11.2. The molecule has 5 rings (SSSR count). The lowest BCUT2D eigenvalue weighted by Gasteiger charge is -2.31. The highest BCUT2D eigenvalue weighted by Crippen LogP contribution is 2.31. The molecule has 0 bridgehead atoms. The van der Waals surface area contributed by atoms with Gasteiger partial charge >= 0.3 is 0 Å². The number of anilines is 1. The van der Waals surface area contributed by atoms with E-state index < -0.39 is 11.6 Å².